The van der Waals surface area contributed by atoms with E-state index in [4.69, 9.17) is 0 Å². The highest BCUT2D eigenvalue weighted by Crippen LogP contribution is 2.30. The van der Waals surface area contributed by atoms with E-state index in [9.17, 15) is 13.6 Å². The summed E-state index contributed by atoms with van der Waals surface area (Å²) in [4.78, 5) is 13.3. The van der Waals surface area contributed by atoms with E-state index in [1.165, 1.54) is 34.9 Å². The van der Waals surface area contributed by atoms with Crippen molar-refractivity contribution in [1.29, 1.82) is 0 Å². The van der Waals surface area contributed by atoms with Crippen LogP contribution in [0.1, 0.15) is 28.8 Å². The van der Waals surface area contributed by atoms with Crippen molar-refractivity contribution in [3.63, 3.8) is 0 Å². The summed E-state index contributed by atoms with van der Waals surface area (Å²) in [5.41, 5.74) is 2.72. The molecule has 1 aromatic carbocycles. The number of benzene rings is 1. The van der Waals surface area contributed by atoms with Crippen LogP contribution in [0.5, 0.6) is 0 Å². The molecule has 0 bridgehead atoms. The first-order chi connectivity index (χ1) is 11.1. The van der Waals surface area contributed by atoms with Gasteiger partial charge < -0.3 is 10.6 Å². The van der Waals surface area contributed by atoms with Crippen LogP contribution in [0.4, 0.5) is 19.3 Å². The Morgan fingerprint density at radius 2 is 2.04 bits per heavy atom. The maximum absolute atomic E-state index is 13.5. The second-order valence-electron chi connectivity index (χ2n) is 5.62. The number of fused-ring (bicyclic) bond motifs is 1. The number of nitrogens with one attached hydrogen (secondary N) is 2. The SMILES string of the molecule is O=C(NCCc1csc2c1CCCC2)Nc1ccc(F)cc1F. The highest BCUT2D eigenvalue weighted by molar-refractivity contribution is 7.10. The van der Waals surface area contributed by atoms with Crippen molar-refractivity contribution in [1.82, 2.24) is 5.32 Å². The monoisotopic (exact) mass is 336 g/mol. The average molecular weight is 336 g/mol. The normalized spacial score (nSPS) is 13.5. The first-order valence-corrected chi connectivity index (χ1v) is 8.59. The molecule has 3 nitrogen and oxygen atoms in total. The molecule has 1 aromatic heterocycles. The van der Waals surface area contributed by atoms with Crippen LogP contribution in [-0.2, 0) is 19.3 Å². The van der Waals surface area contributed by atoms with Gasteiger partial charge in [0.2, 0.25) is 0 Å². The minimum Gasteiger partial charge on any atom is -0.338 e. The van der Waals surface area contributed by atoms with Crippen molar-refractivity contribution in [2.45, 2.75) is 32.1 Å². The van der Waals surface area contributed by atoms with Crippen molar-refractivity contribution in [2.24, 2.45) is 0 Å². The molecule has 0 saturated carbocycles. The number of anilines is 1. The first kappa shape index (κ1) is 15.9. The molecule has 0 atom stereocenters. The number of carbonyl (C=O) groups excluding carboxylic acids is 1. The molecular formula is C17H18F2N2OS. The van der Waals surface area contributed by atoms with Gasteiger partial charge in [-0.15, -0.1) is 11.3 Å². The minimum absolute atomic E-state index is 0.0307. The van der Waals surface area contributed by atoms with E-state index in [0.29, 0.717) is 6.54 Å². The van der Waals surface area contributed by atoms with Crippen LogP contribution in [-0.4, -0.2) is 12.6 Å². The highest BCUT2D eigenvalue weighted by Gasteiger charge is 2.15. The average Bonchev–Trinajstić information content (AvgIpc) is 2.94. The van der Waals surface area contributed by atoms with E-state index in [2.05, 4.69) is 16.0 Å². The maximum Gasteiger partial charge on any atom is 0.319 e. The number of amides is 2. The summed E-state index contributed by atoms with van der Waals surface area (Å²) in [5.74, 6) is -1.46. The lowest BCUT2D eigenvalue weighted by molar-refractivity contribution is 0.252. The molecule has 6 heteroatoms. The van der Waals surface area contributed by atoms with Gasteiger partial charge in [-0.1, -0.05) is 0 Å². The maximum atomic E-state index is 13.5. The number of aryl methyl sites for hydroxylation is 1. The number of rotatable bonds is 4. The molecular weight excluding hydrogens is 318 g/mol. The van der Waals surface area contributed by atoms with Crippen molar-refractivity contribution in [3.05, 3.63) is 51.2 Å². The molecule has 0 unspecified atom stereocenters. The number of urea groups is 1. The van der Waals surface area contributed by atoms with Gasteiger partial charge in [0.15, 0.2) is 0 Å². The molecule has 0 aliphatic heterocycles. The standard InChI is InChI=1S/C17H18F2N2OS/c18-12-5-6-15(14(19)9-12)21-17(22)20-8-7-11-10-23-16-4-2-1-3-13(11)16/h5-6,9-10H,1-4,7-8H2,(H2,20,21,22). The Hall–Kier alpha value is -1.95. The van der Waals surface area contributed by atoms with Crippen molar-refractivity contribution in [3.8, 4) is 0 Å². The molecule has 3 rings (SSSR count). The molecule has 0 radical (unpaired) electrons. The highest BCUT2D eigenvalue weighted by atomic mass is 32.1. The van der Waals surface area contributed by atoms with E-state index in [-0.39, 0.29) is 5.69 Å². The Balaban J connectivity index is 1.50. The number of hydrogen-bond donors (Lipinski definition) is 2. The quantitative estimate of drug-likeness (QED) is 0.860. The van der Waals surface area contributed by atoms with Crippen LogP contribution in [0.2, 0.25) is 0 Å². The largest absolute Gasteiger partial charge is 0.338 e. The Bertz CT molecular complexity index is 715. The molecule has 23 heavy (non-hydrogen) atoms. The summed E-state index contributed by atoms with van der Waals surface area (Å²) in [5, 5.41) is 7.28. The fourth-order valence-corrected chi connectivity index (χ4v) is 4.02. The van der Waals surface area contributed by atoms with Crippen molar-refractivity contribution >= 4 is 23.1 Å². The summed E-state index contributed by atoms with van der Waals surface area (Å²) in [6, 6.07) is 2.57. The van der Waals surface area contributed by atoms with Crippen LogP contribution in [0, 0.1) is 11.6 Å². The summed E-state index contributed by atoms with van der Waals surface area (Å²) < 4.78 is 26.3. The summed E-state index contributed by atoms with van der Waals surface area (Å²) >= 11 is 1.80. The Morgan fingerprint density at radius 1 is 1.22 bits per heavy atom. The van der Waals surface area contributed by atoms with Gasteiger partial charge in [-0.3, -0.25) is 0 Å². The second kappa shape index (κ2) is 7.08. The van der Waals surface area contributed by atoms with Crippen LogP contribution in [0.15, 0.2) is 23.6 Å². The smallest absolute Gasteiger partial charge is 0.319 e. The zero-order valence-electron chi connectivity index (χ0n) is 12.6. The Labute approximate surface area is 137 Å². The third-order valence-corrected chi connectivity index (χ3v) is 5.14. The Morgan fingerprint density at radius 3 is 2.87 bits per heavy atom. The van der Waals surface area contributed by atoms with Crippen LogP contribution < -0.4 is 10.6 Å². The fraction of sp³-hybridized carbons (Fsp3) is 0.353. The van der Waals surface area contributed by atoms with Gasteiger partial charge in [-0.25, -0.2) is 13.6 Å². The predicted octanol–water partition coefficient (Wildman–Crippen LogP) is 4.27. The third kappa shape index (κ3) is 3.88. The predicted molar refractivity (Wildman–Crippen MR) is 88.0 cm³/mol. The van der Waals surface area contributed by atoms with Gasteiger partial charge in [0.25, 0.3) is 0 Å². The molecule has 1 heterocycles. The molecule has 2 aromatic rings. The van der Waals surface area contributed by atoms with Gasteiger partial charge in [0.05, 0.1) is 5.69 Å². The molecule has 2 amide bonds. The molecule has 2 N–H and O–H groups in total. The van der Waals surface area contributed by atoms with Gasteiger partial charge in [0.1, 0.15) is 11.6 Å². The molecule has 0 spiro atoms. The van der Waals surface area contributed by atoms with Crippen LogP contribution in [0.3, 0.4) is 0 Å². The molecule has 0 fully saturated rings. The van der Waals surface area contributed by atoms with Crippen molar-refractivity contribution < 1.29 is 13.6 Å². The van der Waals surface area contributed by atoms with E-state index in [0.717, 1.165) is 31.4 Å². The molecule has 0 saturated heterocycles. The van der Waals surface area contributed by atoms with Gasteiger partial charge in [0, 0.05) is 17.5 Å². The molecule has 1 aliphatic carbocycles. The fourth-order valence-electron chi connectivity index (χ4n) is 2.84. The van der Waals surface area contributed by atoms with Gasteiger partial charge >= 0.3 is 6.03 Å². The van der Waals surface area contributed by atoms with Crippen LogP contribution >= 0.6 is 11.3 Å². The summed E-state index contributed by atoms with van der Waals surface area (Å²) in [7, 11) is 0. The lowest BCUT2D eigenvalue weighted by Crippen LogP contribution is -2.30. The Kier molecular flexibility index (Phi) is 4.91. The zero-order valence-corrected chi connectivity index (χ0v) is 13.4. The van der Waals surface area contributed by atoms with Gasteiger partial charge in [-0.2, -0.15) is 0 Å². The second-order valence-corrected chi connectivity index (χ2v) is 6.59. The van der Waals surface area contributed by atoms with E-state index >= 15 is 0 Å². The van der Waals surface area contributed by atoms with E-state index in [1.54, 1.807) is 11.3 Å². The van der Waals surface area contributed by atoms with Crippen LogP contribution in [0.25, 0.3) is 0 Å². The topological polar surface area (TPSA) is 41.1 Å². The lowest BCUT2D eigenvalue weighted by Gasteiger charge is -2.13. The number of hydrogen-bond acceptors (Lipinski definition) is 2. The first-order valence-electron chi connectivity index (χ1n) is 7.71. The summed E-state index contributed by atoms with van der Waals surface area (Å²) in [6.45, 7) is 0.484. The number of carbonyl (C=O) groups is 1. The van der Waals surface area contributed by atoms with Gasteiger partial charge in [-0.05, 0) is 60.7 Å². The minimum atomic E-state index is -0.785. The number of thiophene rings is 1. The lowest BCUT2D eigenvalue weighted by atomic mass is 9.95. The third-order valence-electron chi connectivity index (χ3n) is 4.01. The van der Waals surface area contributed by atoms with Crippen molar-refractivity contribution in [2.75, 3.05) is 11.9 Å². The molecule has 122 valence electrons. The molecule has 1 aliphatic rings. The van der Waals surface area contributed by atoms with E-state index in [1.807, 2.05) is 0 Å². The number of halogens is 2. The van der Waals surface area contributed by atoms with E-state index < -0.39 is 17.7 Å². The summed E-state index contributed by atoms with van der Waals surface area (Å²) in [6.07, 6.45) is 5.55. The zero-order chi connectivity index (χ0) is 16.2.